The van der Waals surface area contributed by atoms with Gasteiger partial charge in [-0.15, -0.1) is 0 Å². The molecular formula is C10H21N. The molecular weight excluding hydrogens is 134 g/mol. The van der Waals surface area contributed by atoms with Crippen LogP contribution in [0.4, 0.5) is 0 Å². The van der Waals surface area contributed by atoms with Crippen LogP contribution in [0, 0.1) is 0 Å². The van der Waals surface area contributed by atoms with Gasteiger partial charge < -0.3 is 4.90 Å². The normalized spacial score (nSPS) is 22.9. The molecule has 1 rings (SSSR count). The van der Waals surface area contributed by atoms with E-state index in [4.69, 9.17) is 0 Å². The highest BCUT2D eigenvalue weighted by Crippen LogP contribution is 2.33. The van der Waals surface area contributed by atoms with Crippen molar-refractivity contribution in [1.29, 1.82) is 0 Å². The van der Waals surface area contributed by atoms with Gasteiger partial charge in [-0.3, -0.25) is 0 Å². The van der Waals surface area contributed by atoms with Gasteiger partial charge in [0.05, 0.1) is 0 Å². The van der Waals surface area contributed by atoms with Crippen LogP contribution in [0.2, 0.25) is 0 Å². The topological polar surface area (TPSA) is 3.24 Å². The minimum atomic E-state index is 0.538. The smallest absolute Gasteiger partial charge is 0.0178 e. The number of rotatable bonds is 3. The molecule has 0 aromatic rings. The van der Waals surface area contributed by atoms with Crippen molar-refractivity contribution in [2.24, 2.45) is 0 Å². The Bertz CT molecular complexity index is 114. The Morgan fingerprint density at radius 1 is 1.27 bits per heavy atom. The van der Waals surface area contributed by atoms with E-state index in [0.29, 0.717) is 5.54 Å². The molecule has 1 saturated carbocycles. The van der Waals surface area contributed by atoms with E-state index in [9.17, 15) is 0 Å². The van der Waals surface area contributed by atoms with Crippen molar-refractivity contribution < 1.29 is 0 Å². The van der Waals surface area contributed by atoms with E-state index in [1.54, 1.807) is 0 Å². The molecule has 1 heteroatoms. The van der Waals surface area contributed by atoms with Crippen LogP contribution in [0.25, 0.3) is 0 Å². The predicted molar refractivity (Wildman–Crippen MR) is 49.8 cm³/mol. The average Bonchev–Trinajstić information content (AvgIpc) is 2.38. The fourth-order valence-electron chi connectivity index (χ4n) is 2.12. The van der Waals surface area contributed by atoms with Gasteiger partial charge in [0.1, 0.15) is 0 Å². The zero-order valence-electron chi connectivity index (χ0n) is 8.19. The van der Waals surface area contributed by atoms with Crippen LogP contribution >= 0.6 is 0 Å². The van der Waals surface area contributed by atoms with Gasteiger partial charge in [-0.2, -0.15) is 0 Å². The minimum absolute atomic E-state index is 0.538. The number of nitrogens with zero attached hydrogens (tertiary/aromatic N) is 1. The van der Waals surface area contributed by atoms with Crippen LogP contribution in [0.3, 0.4) is 0 Å². The lowest BCUT2D eigenvalue weighted by atomic mass is 9.98. The van der Waals surface area contributed by atoms with E-state index >= 15 is 0 Å². The van der Waals surface area contributed by atoms with Gasteiger partial charge in [-0.1, -0.05) is 19.8 Å². The molecule has 0 spiro atoms. The molecule has 66 valence electrons. The van der Waals surface area contributed by atoms with Crippen LogP contribution in [0.1, 0.15) is 46.0 Å². The first-order valence-electron chi connectivity index (χ1n) is 4.90. The van der Waals surface area contributed by atoms with Crippen molar-refractivity contribution in [3.05, 3.63) is 0 Å². The summed E-state index contributed by atoms with van der Waals surface area (Å²) in [5.74, 6) is 0. The number of hydrogen-bond acceptors (Lipinski definition) is 1. The molecule has 0 atom stereocenters. The molecule has 0 amide bonds. The first kappa shape index (κ1) is 9.05. The van der Waals surface area contributed by atoms with Gasteiger partial charge in [0.15, 0.2) is 0 Å². The van der Waals surface area contributed by atoms with Gasteiger partial charge in [0.25, 0.3) is 0 Å². The third kappa shape index (κ3) is 1.96. The van der Waals surface area contributed by atoms with E-state index in [0.717, 1.165) is 0 Å². The lowest BCUT2D eigenvalue weighted by Gasteiger charge is -2.35. The molecule has 0 radical (unpaired) electrons. The Hall–Kier alpha value is -0.0400. The van der Waals surface area contributed by atoms with Gasteiger partial charge in [-0.25, -0.2) is 0 Å². The van der Waals surface area contributed by atoms with Gasteiger partial charge in [-0.05, 0) is 39.8 Å². The van der Waals surface area contributed by atoms with Crippen LogP contribution < -0.4 is 0 Å². The second kappa shape index (κ2) is 3.57. The van der Waals surface area contributed by atoms with Gasteiger partial charge in [0.2, 0.25) is 0 Å². The van der Waals surface area contributed by atoms with Crippen LogP contribution in [-0.4, -0.2) is 24.0 Å². The first-order chi connectivity index (χ1) is 5.19. The summed E-state index contributed by atoms with van der Waals surface area (Å²) >= 11 is 0. The maximum atomic E-state index is 2.54. The second-order valence-electron chi connectivity index (χ2n) is 4.13. The molecule has 0 bridgehead atoms. The summed E-state index contributed by atoms with van der Waals surface area (Å²) < 4.78 is 0. The SMILES string of the molecule is CCCN(C)C1(C)CCCC1. The summed E-state index contributed by atoms with van der Waals surface area (Å²) in [5, 5.41) is 0. The van der Waals surface area contributed by atoms with Crippen molar-refractivity contribution in [3.63, 3.8) is 0 Å². The van der Waals surface area contributed by atoms with Crippen LogP contribution in [0.5, 0.6) is 0 Å². The molecule has 1 fully saturated rings. The molecule has 0 aromatic carbocycles. The molecule has 0 heterocycles. The van der Waals surface area contributed by atoms with E-state index < -0.39 is 0 Å². The Morgan fingerprint density at radius 2 is 1.82 bits per heavy atom. The van der Waals surface area contributed by atoms with Crippen molar-refractivity contribution in [3.8, 4) is 0 Å². The Kier molecular flexibility index (Phi) is 2.94. The predicted octanol–water partition coefficient (Wildman–Crippen LogP) is 2.66. The standard InChI is InChI=1S/C10H21N/c1-4-9-11(3)10(2)7-5-6-8-10/h4-9H2,1-3H3. The van der Waals surface area contributed by atoms with Crippen molar-refractivity contribution in [1.82, 2.24) is 4.90 Å². The fourth-order valence-corrected chi connectivity index (χ4v) is 2.12. The van der Waals surface area contributed by atoms with Gasteiger partial charge in [0, 0.05) is 5.54 Å². The molecule has 0 N–H and O–H groups in total. The molecule has 0 aliphatic heterocycles. The third-order valence-electron chi connectivity index (χ3n) is 3.16. The monoisotopic (exact) mass is 155 g/mol. The highest BCUT2D eigenvalue weighted by Gasteiger charge is 2.31. The molecule has 1 nitrogen and oxygen atoms in total. The van der Waals surface area contributed by atoms with E-state index in [1.807, 2.05) is 0 Å². The summed E-state index contributed by atoms with van der Waals surface area (Å²) in [6.07, 6.45) is 6.97. The quantitative estimate of drug-likeness (QED) is 0.605. The molecule has 0 unspecified atom stereocenters. The lowest BCUT2D eigenvalue weighted by molar-refractivity contribution is 0.144. The minimum Gasteiger partial charge on any atom is -0.301 e. The highest BCUT2D eigenvalue weighted by atomic mass is 15.2. The van der Waals surface area contributed by atoms with Crippen LogP contribution in [0.15, 0.2) is 0 Å². The molecule has 1 aliphatic carbocycles. The summed E-state index contributed by atoms with van der Waals surface area (Å²) in [4.78, 5) is 2.54. The zero-order valence-corrected chi connectivity index (χ0v) is 8.19. The molecule has 0 saturated heterocycles. The van der Waals surface area contributed by atoms with Gasteiger partial charge >= 0.3 is 0 Å². The third-order valence-corrected chi connectivity index (χ3v) is 3.16. The first-order valence-corrected chi connectivity index (χ1v) is 4.90. The summed E-state index contributed by atoms with van der Waals surface area (Å²) in [7, 11) is 2.27. The zero-order chi connectivity index (χ0) is 8.32. The van der Waals surface area contributed by atoms with Crippen molar-refractivity contribution in [2.75, 3.05) is 13.6 Å². The average molecular weight is 155 g/mol. The molecule has 0 aromatic heterocycles. The molecule has 11 heavy (non-hydrogen) atoms. The highest BCUT2D eigenvalue weighted by molar-refractivity contribution is 4.88. The summed E-state index contributed by atoms with van der Waals surface area (Å²) in [5.41, 5.74) is 0.538. The van der Waals surface area contributed by atoms with Crippen molar-refractivity contribution >= 4 is 0 Å². The van der Waals surface area contributed by atoms with Crippen molar-refractivity contribution in [2.45, 2.75) is 51.5 Å². The Morgan fingerprint density at radius 3 is 2.27 bits per heavy atom. The Labute approximate surface area is 70.8 Å². The second-order valence-corrected chi connectivity index (χ2v) is 4.13. The maximum Gasteiger partial charge on any atom is 0.0178 e. The van der Waals surface area contributed by atoms with E-state index in [-0.39, 0.29) is 0 Å². The number of hydrogen-bond donors (Lipinski definition) is 0. The fraction of sp³-hybridized carbons (Fsp3) is 1.00. The van der Waals surface area contributed by atoms with E-state index in [2.05, 4.69) is 25.8 Å². The lowest BCUT2D eigenvalue weighted by Crippen LogP contribution is -2.41. The maximum absolute atomic E-state index is 2.54. The summed E-state index contributed by atoms with van der Waals surface area (Å²) in [6, 6.07) is 0. The largest absolute Gasteiger partial charge is 0.301 e. The Balaban J connectivity index is 2.42. The van der Waals surface area contributed by atoms with E-state index in [1.165, 1.54) is 38.6 Å². The van der Waals surface area contributed by atoms with Crippen LogP contribution in [-0.2, 0) is 0 Å². The summed E-state index contributed by atoms with van der Waals surface area (Å²) in [6.45, 7) is 5.93. The molecule has 1 aliphatic rings.